The molecule has 0 saturated heterocycles. The number of hydrogen-bond acceptors (Lipinski definition) is 4. The molecule has 1 aromatic carbocycles. The molecule has 1 atom stereocenters. The van der Waals surface area contributed by atoms with Gasteiger partial charge in [-0.3, -0.25) is 4.79 Å². The van der Waals surface area contributed by atoms with E-state index in [2.05, 4.69) is 13.8 Å². The van der Waals surface area contributed by atoms with Gasteiger partial charge in [0.2, 0.25) is 5.91 Å². The van der Waals surface area contributed by atoms with Crippen molar-refractivity contribution < 1.29 is 17.4 Å². The number of benzene rings is 1. The van der Waals surface area contributed by atoms with Gasteiger partial charge in [0.05, 0.1) is 6.26 Å². The number of carbonyl (C=O) groups excluding carboxylic acids is 1. The molecule has 1 aromatic rings. The van der Waals surface area contributed by atoms with Crippen LogP contribution in [0.1, 0.15) is 64.9 Å². The maximum absolute atomic E-state index is 12.6. The minimum Gasteiger partial charge on any atom is -0.383 e. The van der Waals surface area contributed by atoms with Gasteiger partial charge in [0.1, 0.15) is 5.75 Å². The predicted octanol–water partition coefficient (Wildman–Crippen LogP) is 4.12. The molecule has 0 bridgehead atoms. The van der Waals surface area contributed by atoms with Crippen LogP contribution >= 0.6 is 0 Å². The minimum atomic E-state index is -3.56. The quantitative estimate of drug-likeness (QED) is 0.435. The van der Waals surface area contributed by atoms with Crippen LogP contribution in [0.5, 0.6) is 5.75 Å². The van der Waals surface area contributed by atoms with Gasteiger partial charge in [0.25, 0.3) is 0 Å². The second-order valence-electron chi connectivity index (χ2n) is 6.52. The van der Waals surface area contributed by atoms with Crippen LogP contribution in [0.2, 0.25) is 0 Å². The summed E-state index contributed by atoms with van der Waals surface area (Å²) in [6, 6.07) is 7.05. The van der Waals surface area contributed by atoms with E-state index in [-0.39, 0.29) is 17.7 Å². The highest BCUT2D eigenvalue weighted by Crippen LogP contribution is 2.19. The van der Waals surface area contributed by atoms with E-state index in [1.807, 2.05) is 17.9 Å². The minimum absolute atomic E-state index is 0.137. The van der Waals surface area contributed by atoms with Crippen molar-refractivity contribution in [3.05, 3.63) is 29.8 Å². The Morgan fingerprint density at radius 3 is 2.52 bits per heavy atom. The summed E-state index contributed by atoms with van der Waals surface area (Å²) in [7, 11) is -3.56. The Balaban J connectivity index is 2.81. The number of rotatable bonds is 11. The van der Waals surface area contributed by atoms with E-state index in [1.54, 1.807) is 18.2 Å². The Morgan fingerprint density at radius 2 is 1.92 bits per heavy atom. The molecule has 142 valence electrons. The summed E-state index contributed by atoms with van der Waals surface area (Å²) in [5, 5.41) is 0. The van der Waals surface area contributed by atoms with Gasteiger partial charge < -0.3 is 9.08 Å². The van der Waals surface area contributed by atoms with Crippen molar-refractivity contribution in [1.82, 2.24) is 4.90 Å². The summed E-state index contributed by atoms with van der Waals surface area (Å²) >= 11 is 0. The molecule has 0 spiro atoms. The van der Waals surface area contributed by atoms with Gasteiger partial charge in [-0.05, 0) is 37.5 Å². The van der Waals surface area contributed by atoms with Gasteiger partial charge in [-0.25, -0.2) is 0 Å². The van der Waals surface area contributed by atoms with Crippen molar-refractivity contribution in [2.24, 2.45) is 0 Å². The van der Waals surface area contributed by atoms with E-state index in [4.69, 9.17) is 4.18 Å². The Kier molecular flexibility index (Phi) is 8.97. The Bertz CT molecular complexity index is 643. The number of amides is 1. The second-order valence-corrected chi connectivity index (χ2v) is 8.10. The molecule has 0 aliphatic carbocycles. The van der Waals surface area contributed by atoms with Crippen molar-refractivity contribution in [3.63, 3.8) is 0 Å². The molecule has 1 unspecified atom stereocenters. The van der Waals surface area contributed by atoms with Crippen molar-refractivity contribution in [2.45, 2.75) is 71.9 Å². The summed E-state index contributed by atoms with van der Waals surface area (Å²) in [6.07, 6.45) is 6.75. The summed E-state index contributed by atoms with van der Waals surface area (Å²) < 4.78 is 27.5. The molecular formula is C19H31NO4S. The Morgan fingerprint density at radius 1 is 1.20 bits per heavy atom. The van der Waals surface area contributed by atoms with E-state index in [1.165, 1.54) is 0 Å². The molecule has 0 aromatic heterocycles. The lowest BCUT2D eigenvalue weighted by molar-refractivity contribution is -0.134. The van der Waals surface area contributed by atoms with Crippen molar-refractivity contribution in [3.8, 4) is 5.75 Å². The predicted molar refractivity (Wildman–Crippen MR) is 101 cm³/mol. The fourth-order valence-corrected chi connectivity index (χ4v) is 3.08. The molecule has 5 nitrogen and oxygen atoms in total. The second kappa shape index (κ2) is 10.4. The van der Waals surface area contributed by atoms with Crippen LogP contribution in [0.4, 0.5) is 0 Å². The first-order chi connectivity index (χ1) is 11.8. The van der Waals surface area contributed by atoms with Gasteiger partial charge in [-0.2, -0.15) is 8.42 Å². The molecule has 0 aliphatic rings. The number of carbonyl (C=O) groups is 1. The summed E-state index contributed by atoms with van der Waals surface area (Å²) in [5.41, 5.74) is 0.864. The first kappa shape index (κ1) is 21.5. The summed E-state index contributed by atoms with van der Waals surface area (Å²) in [5.74, 6) is 0.430. The fourth-order valence-electron chi connectivity index (χ4n) is 2.62. The largest absolute Gasteiger partial charge is 0.383 e. The lowest BCUT2D eigenvalue weighted by Crippen LogP contribution is -2.37. The SMILES string of the molecule is CCCCCCC(=O)N(Cc1cccc(OS(C)(=O)=O)c1)C(C)CC. The smallest absolute Gasteiger partial charge is 0.306 e. The van der Waals surface area contributed by atoms with Gasteiger partial charge in [-0.1, -0.05) is 45.2 Å². The lowest BCUT2D eigenvalue weighted by Gasteiger charge is -2.29. The summed E-state index contributed by atoms with van der Waals surface area (Å²) in [6.45, 7) is 6.72. The van der Waals surface area contributed by atoms with Crippen molar-refractivity contribution >= 4 is 16.0 Å². The molecule has 0 radical (unpaired) electrons. The Hall–Kier alpha value is -1.56. The highest BCUT2D eigenvalue weighted by atomic mass is 32.2. The molecule has 1 amide bonds. The molecule has 25 heavy (non-hydrogen) atoms. The molecule has 0 aliphatic heterocycles. The van der Waals surface area contributed by atoms with E-state index in [0.717, 1.165) is 43.9 Å². The van der Waals surface area contributed by atoms with Crippen LogP contribution in [-0.2, 0) is 21.5 Å². The first-order valence-electron chi connectivity index (χ1n) is 9.04. The maximum atomic E-state index is 12.6. The molecule has 0 N–H and O–H groups in total. The maximum Gasteiger partial charge on any atom is 0.306 e. The first-order valence-corrected chi connectivity index (χ1v) is 10.9. The highest BCUT2D eigenvalue weighted by molar-refractivity contribution is 7.86. The Labute approximate surface area is 152 Å². The van der Waals surface area contributed by atoms with Gasteiger partial charge in [0, 0.05) is 19.0 Å². The molecular weight excluding hydrogens is 338 g/mol. The number of nitrogens with zero attached hydrogens (tertiary/aromatic N) is 1. The highest BCUT2D eigenvalue weighted by Gasteiger charge is 2.19. The zero-order chi connectivity index (χ0) is 18.9. The van der Waals surface area contributed by atoms with Crippen LogP contribution in [0.3, 0.4) is 0 Å². The van der Waals surface area contributed by atoms with Crippen LogP contribution in [0.15, 0.2) is 24.3 Å². The summed E-state index contributed by atoms with van der Waals surface area (Å²) in [4.78, 5) is 14.5. The molecule has 0 saturated carbocycles. The average molecular weight is 370 g/mol. The van der Waals surface area contributed by atoms with Gasteiger partial charge in [-0.15, -0.1) is 0 Å². The van der Waals surface area contributed by atoms with Crippen LogP contribution in [-0.4, -0.2) is 31.5 Å². The van der Waals surface area contributed by atoms with E-state index < -0.39 is 10.1 Å². The van der Waals surface area contributed by atoms with E-state index >= 15 is 0 Å². The third-order valence-electron chi connectivity index (χ3n) is 4.19. The van der Waals surface area contributed by atoms with Crippen LogP contribution in [0.25, 0.3) is 0 Å². The van der Waals surface area contributed by atoms with Gasteiger partial charge in [0.15, 0.2) is 0 Å². The molecule has 6 heteroatoms. The molecule has 0 fully saturated rings. The van der Waals surface area contributed by atoms with Crippen LogP contribution in [0, 0.1) is 0 Å². The van der Waals surface area contributed by atoms with E-state index in [9.17, 15) is 13.2 Å². The normalized spacial score (nSPS) is 12.6. The third-order valence-corrected chi connectivity index (χ3v) is 4.68. The number of hydrogen-bond donors (Lipinski definition) is 0. The zero-order valence-corrected chi connectivity index (χ0v) is 16.6. The van der Waals surface area contributed by atoms with Crippen molar-refractivity contribution in [1.29, 1.82) is 0 Å². The average Bonchev–Trinajstić information content (AvgIpc) is 2.54. The van der Waals surface area contributed by atoms with Crippen LogP contribution < -0.4 is 4.18 Å². The number of unbranched alkanes of at least 4 members (excludes halogenated alkanes) is 3. The standard InChI is InChI=1S/C19H31NO4S/c1-5-7-8-9-13-19(21)20(16(3)6-2)15-17-11-10-12-18(14-17)24-25(4,22)23/h10-12,14,16H,5-9,13,15H2,1-4H3. The zero-order valence-electron chi connectivity index (χ0n) is 15.8. The van der Waals surface area contributed by atoms with E-state index in [0.29, 0.717) is 13.0 Å². The van der Waals surface area contributed by atoms with Gasteiger partial charge >= 0.3 is 10.1 Å². The fraction of sp³-hybridized carbons (Fsp3) is 0.632. The lowest BCUT2D eigenvalue weighted by atomic mass is 10.1. The topological polar surface area (TPSA) is 63.7 Å². The molecule has 0 heterocycles. The monoisotopic (exact) mass is 369 g/mol. The third kappa shape index (κ3) is 8.38. The van der Waals surface area contributed by atoms with Crippen molar-refractivity contribution in [2.75, 3.05) is 6.26 Å². The molecule has 1 rings (SSSR count).